The molecule has 0 aliphatic heterocycles. The number of benzene rings is 1. The highest BCUT2D eigenvalue weighted by atomic mass is 32.2. The van der Waals surface area contributed by atoms with Gasteiger partial charge in [-0.15, -0.1) is 11.3 Å². The van der Waals surface area contributed by atoms with Crippen LogP contribution in [0.15, 0.2) is 29.3 Å². The van der Waals surface area contributed by atoms with Gasteiger partial charge in [0.1, 0.15) is 10.6 Å². The van der Waals surface area contributed by atoms with Crippen molar-refractivity contribution in [3.63, 3.8) is 0 Å². The molecule has 4 rings (SSSR count). The number of imidazole rings is 1. The lowest BCUT2D eigenvalue weighted by Crippen LogP contribution is -2.38. The number of aliphatic hydroxyl groups is 1. The van der Waals surface area contributed by atoms with E-state index in [1.54, 1.807) is 23.5 Å². The second kappa shape index (κ2) is 8.44. The standard InChI is InChI=1S/C23H31N3O4S2/c1-14-21(26-13-20(23(2,3)4)31-22(26)24-14)15-6-11-18(30-5)19(12-15)32(28,29)25-16-7-9-17(27)10-8-16/h6,11-13,16-17,25,27H,7-10H2,1-5H3. The van der Waals surface area contributed by atoms with E-state index in [9.17, 15) is 13.5 Å². The summed E-state index contributed by atoms with van der Waals surface area (Å²) in [5.41, 5.74) is 2.50. The van der Waals surface area contributed by atoms with E-state index in [-0.39, 0.29) is 22.5 Å². The number of ether oxygens (including phenoxy) is 1. The molecule has 1 aliphatic rings. The Morgan fingerprint density at radius 1 is 1.22 bits per heavy atom. The largest absolute Gasteiger partial charge is 0.495 e. The monoisotopic (exact) mass is 477 g/mol. The van der Waals surface area contributed by atoms with Crippen molar-refractivity contribution in [3.8, 4) is 17.0 Å². The summed E-state index contributed by atoms with van der Waals surface area (Å²) in [6, 6.07) is 5.06. The number of aryl methyl sites for hydroxylation is 1. The molecule has 32 heavy (non-hydrogen) atoms. The summed E-state index contributed by atoms with van der Waals surface area (Å²) in [5, 5.41) is 9.73. The van der Waals surface area contributed by atoms with Gasteiger partial charge in [0, 0.05) is 22.7 Å². The Morgan fingerprint density at radius 2 is 1.91 bits per heavy atom. The number of thiazole rings is 1. The average molecular weight is 478 g/mol. The fraction of sp³-hybridized carbons (Fsp3) is 0.522. The van der Waals surface area contributed by atoms with Gasteiger partial charge in [-0.1, -0.05) is 20.8 Å². The molecule has 2 aromatic heterocycles. The van der Waals surface area contributed by atoms with Crippen molar-refractivity contribution in [2.45, 2.75) is 75.8 Å². The number of methoxy groups -OCH3 is 1. The minimum absolute atomic E-state index is 0.00242. The molecule has 2 N–H and O–H groups in total. The van der Waals surface area contributed by atoms with E-state index in [2.05, 4.69) is 36.1 Å². The second-order valence-electron chi connectivity index (χ2n) is 9.54. The first-order valence-electron chi connectivity index (χ1n) is 10.9. The van der Waals surface area contributed by atoms with E-state index in [0.29, 0.717) is 31.4 Å². The number of aromatic nitrogens is 2. The van der Waals surface area contributed by atoms with Gasteiger partial charge in [0.15, 0.2) is 4.96 Å². The molecule has 1 aliphatic carbocycles. The lowest BCUT2D eigenvalue weighted by molar-refractivity contribution is 0.120. The van der Waals surface area contributed by atoms with Crippen LogP contribution in [0.5, 0.6) is 5.75 Å². The normalized spacial score (nSPS) is 20.1. The van der Waals surface area contributed by atoms with Crippen LogP contribution >= 0.6 is 11.3 Å². The second-order valence-corrected chi connectivity index (χ2v) is 12.2. The predicted molar refractivity (Wildman–Crippen MR) is 127 cm³/mol. The smallest absolute Gasteiger partial charge is 0.244 e. The first-order chi connectivity index (χ1) is 15.0. The van der Waals surface area contributed by atoms with Gasteiger partial charge in [-0.05, 0) is 56.2 Å². The molecule has 9 heteroatoms. The lowest BCUT2D eigenvalue weighted by atomic mass is 9.94. The molecular formula is C23H31N3O4S2. The van der Waals surface area contributed by atoms with Crippen molar-refractivity contribution in [3.05, 3.63) is 35.0 Å². The Hall–Kier alpha value is -1.94. The molecule has 0 amide bonds. The fourth-order valence-electron chi connectivity index (χ4n) is 4.16. The van der Waals surface area contributed by atoms with E-state index < -0.39 is 10.0 Å². The molecular weight excluding hydrogens is 446 g/mol. The predicted octanol–water partition coefficient (Wildman–Crippen LogP) is 4.26. The van der Waals surface area contributed by atoms with E-state index in [4.69, 9.17) is 9.72 Å². The molecule has 0 saturated heterocycles. The minimum atomic E-state index is -3.80. The Balaban J connectivity index is 1.75. The van der Waals surface area contributed by atoms with Crippen LogP contribution in [0.4, 0.5) is 0 Å². The molecule has 2 heterocycles. The van der Waals surface area contributed by atoms with Gasteiger partial charge in [-0.3, -0.25) is 4.40 Å². The molecule has 1 fully saturated rings. The molecule has 0 bridgehead atoms. The SMILES string of the molecule is COc1ccc(-c2c(C)nc3sc(C(C)(C)C)cn23)cc1S(=O)(=O)NC1CCC(O)CC1. The van der Waals surface area contributed by atoms with Crippen LogP contribution in [-0.4, -0.2) is 42.2 Å². The van der Waals surface area contributed by atoms with Crippen molar-refractivity contribution in [1.82, 2.24) is 14.1 Å². The highest BCUT2D eigenvalue weighted by Crippen LogP contribution is 2.36. The van der Waals surface area contributed by atoms with Crippen molar-refractivity contribution in [1.29, 1.82) is 0 Å². The number of sulfonamides is 1. The average Bonchev–Trinajstić information content (AvgIpc) is 3.26. The van der Waals surface area contributed by atoms with Gasteiger partial charge in [0.05, 0.1) is 24.6 Å². The molecule has 174 valence electrons. The molecule has 1 saturated carbocycles. The Bertz CT molecular complexity index is 1230. The quantitative estimate of drug-likeness (QED) is 0.573. The third-order valence-corrected chi connectivity index (χ3v) is 8.93. The third-order valence-electron chi connectivity index (χ3n) is 5.98. The van der Waals surface area contributed by atoms with Crippen molar-refractivity contribution in [2.75, 3.05) is 7.11 Å². The zero-order chi connectivity index (χ0) is 23.3. The molecule has 0 radical (unpaired) electrons. The summed E-state index contributed by atoms with van der Waals surface area (Å²) in [6.45, 7) is 8.44. The van der Waals surface area contributed by atoms with Gasteiger partial charge in [-0.25, -0.2) is 18.1 Å². The fourth-order valence-corrected chi connectivity index (χ4v) is 6.75. The summed E-state index contributed by atoms with van der Waals surface area (Å²) >= 11 is 1.65. The number of fused-ring (bicyclic) bond motifs is 1. The highest BCUT2D eigenvalue weighted by molar-refractivity contribution is 7.89. The highest BCUT2D eigenvalue weighted by Gasteiger charge is 2.28. The topological polar surface area (TPSA) is 92.9 Å². The summed E-state index contributed by atoms with van der Waals surface area (Å²) in [7, 11) is -2.33. The number of nitrogens with one attached hydrogen (secondary N) is 1. The van der Waals surface area contributed by atoms with Gasteiger partial charge >= 0.3 is 0 Å². The first kappa shape index (κ1) is 23.2. The van der Waals surface area contributed by atoms with Crippen LogP contribution in [0.1, 0.15) is 57.0 Å². The molecule has 0 atom stereocenters. The number of rotatable bonds is 5. The summed E-state index contributed by atoms with van der Waals surface area (Å²) in [4.78, 5) is 6.94. The summed E-state index contributed by atoms with van der Waals surface area (Å²) in [5.74, 6) is 0.302. The zero-order valence-electron chi connectivity index (χ0n) is 19.2. The van der Waals surface area contributed by atoms with Gasteiger partial charge in [0.25, 0.3) is 0 Å². The number of hydrogen-bond donors (Lipinski definition) is 2. The van der Waals surface area contributed by atoms with E-state index in [1.165, 1.54) is 12.0 Å². The number of nitrogens with zero attached hydrogens (tertiary/aromatic N) is 2. The maximum Gasteiger partial charge on any atom is 0.244 e. The minimum Gasteiger partial charge on any atom is -0.495 e. The maximum atomic E-state index is 13.3. The van der Waals surface area contributed by atoms with Crippen molar-refractivity contribution < 1.29 is 18.3 Å². The van der Waals surface area contributed by atoms with Crippen LogP contribution in [0.25, 0.3) is 16.2 Å². The molecule has 7 nitrogen and oxygen atoms in total. The van der Waals surface area contributed by atoms with Gasteiger partial charge in [-0.2, -0.15) is 0 Å². The van der Waals surface area contributed by atoms with Crippen LogP contribution in [0.2, 0.25) is 0 Å². The van der Waals surface area contributed by atoms with E-state index >= 15 is 0 Å². The van der Waals surface area contributed by atoms with Gasteiger partial charge < -0.3 is 9.84 Å². The van der Waals surface area contributed by atoms with Crippen LogP contribution < -0.4 is 9.46 Å². The Kier molecular flexibility index (Phi) is 6.13. The van der Waals surface area contributed by atoms with E-state index in [0.717, 1.165) is 21.9 Å². The Morgan fingerprint density at radius 3 is 2.53 bits per heavy atom. The summed E-state index contributed by atoms with van der Waals surface area (Å²) < 4.78 is 36.9. The lowest BCUT2D eigenvalue weighted by Gasteiger charge is -2.26. The summed E-state index contributed by atoms with van der Waals surface area (Å²) in [6.07, 6.45) is 4.20. The number of hydrogen-bond acceptors (Lipinski definition) is 6. The third kappa shape index (κ3) is 4.44. The maximum absolute atomic E-state index is 13.3. The van der Waals surface area contributed by atoms with Crippen LogP contribution in [-0.2, 0) is 15.4 Å². The molecule has 1 aromatic carbocycles. The molecule has 3 aromatic rings. The van der Waals surface area contributed by atoms with Gasteiger partial charge in [0.2, 0.25) is 10.0 Å². The zero-order valence-corrected chi connectivity index (χ0v) is 20.8. The Labute approximate surface area is 193 Å². The van der Waals surface area contributed by atoms with Crippen molar-refractivity contribution >= 4 is 26.3 Å². The van der Waals surface area contributed by atoms with Crippen LogP contribution in [0, 0.1) is 6.92 Å². The number of aliphatic hydroxyl groups excluding tert-OH is 1. The van der Waals surface area contributed by atoms with Crippen molar-refractivity contribution in [2.24, 2.45) is 0 Å². The molecule has 0 spiro atoms. The first-order valence-corrected chi connectivity index (χ1v) is 13.2. The molecule has 0 unspecified atom stereocenters. The van der Waals surface area contributed by atoms with E-state index in [1.807, 2.05) is 13.0 Å². The van der Waals surface area contributed by atoms with Crippen LogP contribution in [0.3, 0.4) is 0 Å².